The predicted molar refractivity (Wildman–Crippen MR) is 69.3 cm³/mol. The molecule has 0 atom stereocenters. The molecule has 0 saturated heterocycles. The first kappa shape index (κ1) is 12.1. The highest BCUT2D eigenvalue weighted by molar-refractivity contribution is 7.80. The molecule has 0 heterocycles. The minimum atomic E-state index is 0.586. The van der Waals surface area contributed by atoms with E-state index in [4.69, 9.17) is 4.74 Å². The molecule has 0 aliphatic carbocycles. The van der Waals surface area contributed by atoms with E-state index < -0.39 is 0 Å². The molecule has 0 spiro atoms. The maximum atomic E-state index is 5.37. The molecule has 0 bridgehead atoms. The van der Waals surface area contributed by atoms with Gasteiger partial charge in [0, 0.05) is 5.75 Å². The molecule has 0 aliphatic heterocycles. The van der Waals surface area contributed by atoms with Crippen LogP contribution in [0.3, 0.4) is 0 Å². The summed E-state index contributed by atoms with van der Waals surface area (Å²) in [6.07, 6.45) is 4.05. The first-order valence-electron chi connectivity index (χ1n) is 4.90. The van der Waals surface area contributed by atoms with E-state index in [2.05, 4.69) is 31.3 Å². The Morgan fingerprint density at radius 2 is 2.07 bits per heavy atom. The van der Waals surface area contributed by atoms with Gasteiger partial charge in [0.15, 0.2) is 0 Å². The van der Waals surface area contributed by atoms with Crippen LogP contribution in [0.2, 0.25) is 0 Å². The van der Waals surface area contributed by atoms with Crippen LogP contribution in [0.4, 0.5) is 0 Å². The van der Waals surface area contributed by atoms with Crippen molar-refractivity contribution in [3.8, 4) is 0 Å². The molecule has 0 saturated carbocycles. The molecule has 1 aromatic rings. The molecule has 1 aromatic carbocycles. The van der Waals surface area contributed by atoms with Gasteiger partial charge in [-0.15, -0.1) is 0 Å². The lowest BCUT2D eigenvalue weighted by molar-refractivity contribution is 0.188. The quantitative estimate of drug-likeness (QED) is 0.440. The molecular formula is C13H16OS. The van der Waals surface area contributed by atoms with E-state index >= 15 is 0 Å². The molecule has 1 rings (SSSR count). The third-order valence-electron chi connectivity index (χ3n) is 1.85. The van der Waals surface area contributed by atoms with Crippen LogP contribution in [-0.2, 0) is 4.74 Å². The van der Waals surface area contributed by atoms with Gasteiger partial charge in [-0.2, -0.15) is 12.6 Å². The van der Waals surface area contributed by atoms with Gasteiger partial charge in [0.1, 0.15) is 0 Å². The summed E-state index contributed by atoms with van der Waals surface area (Å²) in [4.78, 5) is 0. The maximum absolute atomic E-state index is 5.37. The van der Waals surface area contributed by atoms with Crippen molar-refractivity contribution in [1.29, 1.82) is 0 Å². The van der Waals surface area contributed by atoms with E-state index in [1.807, 2.05) is 30.4 Å². The van der Waals surface area contributed by atoms with E-state index in [1.54, 1.807) is 0 Å². The van der Waals surface area contributed by atoms with Crippen LogP contribution in [0.5, 0.6) is 0 Å². The Morgan fingerprint density at radius 1 is 1.33 bits per heavy atom. The van der Waals surface area contributed by atoms with Crippen molar-refractivity contribution >= 4 is 18.7 Å². The van der Waals surface area contributed by atoms with Crippen LogP contribution in [-0.4, -0.2) is 19.0 Å². The number of rotatable bonds is 6. The third-order valence-corrected chi connectivity index (χ3v) is 2.30. The van der Waals surface area contributed by atoms with Crippen molar-refractivity contribution < 1.29 is 4.74 Å². The van der Waals surface area contributed by atoms with Crippen LogP contribution >= 0.6 is 12.6 Å². The van der Waals surface area contributed by atoms with E-state index in [0.29, 0.717) is 19.0 Å². The lowest BCUT2D eigenvalue weighted by atomic mass is 10.2. The van der Waals surface area contributed by atoms with Gasteiger partial charge in [-0.1, -0.05) is 49.1 Å². The summed E-state index contributed by atoms with van der Waals surface area (Å²) in [7, 11) is 0. The number of benzene rings is 1. The van der Waals surface area contributed by atoms with Gasteiger partial charge < -0.3 is 4.74 Å². The van der Waals surface area contributed by atoms with Crippen LogP contribution < -0.4 is 0 Å². The van der Waals surface area contributed by atoms with Gasteiger partial charge in [-0.3, -0.25) is 0 Å². The van der Waals surface area contributed by atoms with Gasteiger partial charge in [-0.25, -0.2) is 0 Å². The normalized spacial score (nSPS) is 10.7. The predicted octanol–water partition coefficient (Wildman–Crippen LogP) is 3.20. The summed E-state index contributed by atoms with van der Waals surface area (Å²) < 4.78 is 5.37. The zero-order chi connectivity index (χ0) is 10.9. The zero-order valence-electron chi connectivity index (χ0n) is 8.73. The summed E-state index contributed by atoms with van der Waals surface area (Å²) in [6, 6.07) is 10.2. The highest BCUT2D eigenvalue weighted by Gasteiger charge is 1.89. The van der Waals surface area contributed by atoms with Crippen molar-refractivity contribution in [1.82, 2.24) is 0 Å². The molecule has 80 valence electrons. The standard InChI is InChI=1S/C13H16OS/c1-12(11-15)10-14-9-5-8-13-6-3-2-4-7-13/h2-8,15H,1,9-11H2/b8-5+. The van der Waals surface area contributed by atoms with Gasteiger partial charge in [0.05, 0.1) is 13.2 Å². The van der Waals surface area contributed by atoms with Gasteiger partial charge >= 0.3 is 0 Å². The summed E-state index contributed by atoms with van der Waals surface area (Å²) in [5.74, 6) is 0.683. The Balaban J connectivity index is 2.20. The van der Waals surface area contributed by atoms with Gasteiger partial charge in [0.2, 0.25) is 0 Å². The fourth-order valence-electron chi connectivity index (χ4n) is 1.07. The van der Waals surface area contributed by atoms with Crippen LogP contribution in [0, 0.1) is 0 Å². The Hall–Kier alpha value is -0.990. The van der Waals surface area contributed by atoms with Crippen molar-refractivity contribution in [3.05, 3.63) is 54.1 Å². The lowest BCUT2D eigenvalue weighted by Gasteiger charge is -2.01. The highest BCUT2D eigenvalue weighted by atomic mass is 32.1. The molecule has 0 unspecified atom stereocenters. The molecule has 0 amide bonds. The lowest BCUT2D eigenvalue weighted by Crippen LogP contribution is -1.97. The fourth-order valence-corrected chi connectivity index (χ4v) is 1.16. The fraction of sp³-hybridized carbons (Fsp3) is 0.231. The smallest absolute Gasteiger partial charge is 0.0686 e. The largest absolute Gasteiger partial charge is 0.373 e. The number of thiol groups is 1. The van der Waals surface area contributed by atoms with Gasteiger partial charge in [0.25, 0.3) is 0 Å². The first-order valence-corrected chi connectivity index (χ1v) is 5.53. The average molecular weight is 220 g/mol. The summed E-state index contributed by atoms with van der Waals surface area (Å²) in [5, 5.41) is 0. The SMILES string of the molecule is C=C(CS)COC/C=C/c1ccccc1. The molecule has 0 aromatic heterocycles. The summed E-state index contributed by atoms with van der Waals surface area (Å²) in [5.41, 5.74) is 2.19. The highest BCUT2D eigenvalue weighted by Crippen LogP contribution is 2.01. The Bertz CT molecular complexity index is 317. The van der Waals surface area contributed by atoms with E-state index in [1.165, 1.54) is 5.56 Å². The second kappa shape index (κ2) is 7.32. The first-order chi connectivity index (χ1) is 7.33. The molecule has 0 N–H and O–H groups in total. The van der Waals surface area contributed by atoms with Crippen LogP contribution in [0.15, 0.2) is 48.6 Å². The molecule has 1 nitrogen and oxygen atoms in total. The minimum absolute atomic E-state index is 0.586. The Kier molecular flexibility index (Phi) is 5.90. The molecule has 0 radical (unpaired) electrons. The van der Waals surface area contributed by atoms with Gasteiger partial charge in [-0.05, 0) is 11.1 Å². The van der Waals surface area contributed by atoms with E-state index in [9.17, 15) is 0 Å². The third kappa shape index (κ3) is 5.45. The average Bonchev–Trinajstić information content (AvgIpc) is 2.29. The van der Waals surface area contributed by atoms with E-state index in [-0.39, 0.29) is 0 Å². The number of hydrogen-bond acceptors (Lipinski definition) is 2. The minimum Gasteiger partial charge on any atom is -0.373 e. The molecule has 15 heavy (non-hydrogen) atoms. The topological polar surface area (TPSA) is 9.23 Å². The van der Waals surface area contributed by atoms with Crippen molar-refractivity contribution in [2.24, 2.45) is 0 Å². The monoisotopic (exact) mass is 220 g/mol. The second-order valence-corrected chi connectivity index (χ2v) is 3.55. The van der Waals surface area contributed by atoms with Crippen LogP contribution in [0.1, 0.15) is 5.56 Å². The molecule has 0 aliphatic rings. The Morgan fingerprint density at radius 3 is 2.73 bits per heavy atom. The maximum Gasteiger partial charge on any atom is 0.0686 e. The molecule has 0 fully saturated rings. The molecule has 2 heteroatoms. The van der Waals surface area contributed by atoms with Crippen LogP contribution in [0.25, 0.3) is 6.08 Å². The number of hydrogen-bond donors (Lipinski definition) is 1. The second-order valence-electron chi connectivity index (χ2n) is 3.24. The number of ether oxygens (including phenoxy) is 1. The summed E-state index contributed by atoms with van der Waals surface area (Å²) >= 11 is 4.10. The van der Waals surface area contributed by atoms with Crippen molar-refractivity contribution in [3.63, 3.8) is 0 Å². The van der Waals surface area contributed by atoms with Crippen molar-refractivity contribution in [2.45, 2.75) is 0 Å². The summed E-state index contributed by atoms with van der Waals surface area (Å²) in [6.45, 7) is 5.00. The molecular weight excluding hydrogens is 204 g/mol. The van der Waals surface area contributed by atoms with Crippen molar-refractivity contribution in [2.75, 3.05) is 19.0 Å². The van der Waals surface area contributed by atoms with E-state index in [0.717, 1.165) is 5.57 Å². The Labute approximate surface area is 96.9 Å². The zero-order valence-corrected chi connectivity index (χ0v) is 9.62.